The molecule has 0 spiro atoms. The summed E-state index contributed by atoms with van der Waals surface area (Å²) in [5.41, 5.74) is 11.7. The number of rotatable bonds is 0. The Balaban J connectivity index is 3.05. The Hall–Kier alpha value is -1.24. The average molecular weight is 182 g/mol. The summed E-state index contributed by atoms with van der Waals surface area (Å²) in [7, 11) is 0. The van der Waals surface area contributed by atoms with Gasteiger partial charge in [0.25, 0.3) is 0 Å². The summed E-state index contributed by atoms with van der Waals surface area (Å²) in [5, 5.41) is 0.380. The van der Waals surface area contributed by atoms with Crippen molar-refractivity contribution in [3.05, 3.63) is 23.0 Å². The highest BCUT2D eigenvalue weighted by Crippen LogP contribution is 2.11. The van der Waals surface area contributed by atoms with Crippen LogP contribution < -0.4 is 11.5 Å². The lowest BCUT2D eigenvalue weighted by atomic mass is 10.3. The molecule has 0 radical (unpaired) electrons. The van der Waals surface area contributed by atoms with Crippen LogP contribution in [0.4, 0.5) is 5.69 Å². The van der Waals surface area contributed by atoms with E-state index < -0.39 is 0 Å². The number of hydrogen-bond acceptors (Lipinski definition) is 3. The molecule has 1 rings (SSSR count). The van der Waals surface area contributed by atoms with Crippen molar-refractivity contribution >= 4 is 17.3 Å². The van der Waals surface area contributed by atoms with Crippen LogP contribution >= 0.6 is 11.6 Å². The summed E-state index contributed by atoms with van der Waals surface area (Å²) < 4.78 is 0. The molecule has 0 saturated carbocycles. The third-order valence-electron chi connectivity index (χ3n) is 1.20. The number of halogens is 1. The molecule has 1 aromatic rings. The zero-order valence-electron chi connectivity index (χ0n) is 6.34. The first-order valence-electron chi connectivity index (χ1n) is 3.35. The fourth-order valence-electron chi connectivity index (χ4n) is 0.681. The van der Waals surface area contributed by atoms with Crippen LogP contribution in [0.3, 0.4) is 0 Å². The molecule has 1 aromatic heterocycles. The van der Waals surface area contributed by atoms with Gasteiger partial charge < -0.3 is 11.5 Å². The van der Waals surface area contributed by atoms with E-state index in [1.54, 1.807) is 12.1 Å². The average Bonchev–Trinajstić information content (AvgIpc) is 2.07. The Morgan fingerprint density at radius 3 is 2.92 bits per heavy atom. The van der Waals surface area contributed by atoms with Crippen molar-refractivity contribution < 1.29 is 0 Å². The zero-order chi connectivity index (χ0) is 8.97. The smallest absolute Gasteiger partial charge is 0.137 e. The second-order valence-electron chi connectivity index (χ2n) is 2.08. The van der Waals surface area contributed by atoms with E-state index in [-0.39, 0.29) is 6.54 Å². The van der Waals surface area contributed by atoms with Crippen LogP contribution in [0.1, 0.15) is 5.69 Å². The molecule has 1 heterocycles. The predicted octanol–water partition coefficient (Wildman–Crippen LogP) is 0.627. The second kappa shape index (κ2) is 3.96. The molecule has 0 aliphatic rings. The van der Waals surface area contributed by atoms with Crippen LogP contribution in [-0.4, -0.2) is 11.5 Å². The van der Waals surface area contributed by atoms with Gasteiger partial charge >= 0.3 is 0 Å². The first-order chi connectivity index (χ1) is 5.74. The molecule has 0 atom stereocenters. The van der Waals surface area contributed by atoms with Crippen molar-refractivity contribution in [2.45, 2.75) is 0 Å². The Morgan fingerprint density at radius 2 is 2.25 bits per heavy atom. The van der Waals surface area contributed by atoms with Crippen LogP contribution in [-0.2, 0) is 0 Å². The van der Waals surface area contributed by atoms with E-state index in [0.29, 0.717) is 16.5 Å². The minimum absolute atomic E-state index is 0.285. The van der Waals surface area contributed by atoms with E-state index in [4.69, 9.17) is 23.1 Å². The monoisotopic (exact) mass is 181 g/mol. The summed E-state index contributed by atoms with van der Waals surface area (Å²) in [5.74, 6) is 5.37. The van der Waals surface area contributed by atoms with Crippen molar-refractivity contribution in [1.82, 2.24) is 4.98 Å². The minimum Gasteiger partial charge on any atom is -0.396 e. The number of pyridine rings is 1. The maximum absolute atomic E-state index is 5.63. The molecule has 0 aromatic carbocycles. The number of nitrogen functional groups attached to an aromatic ring is 1. The van der Waals surface area contributed by atoms with Gasteiger partial charge in [-0.05, 0) is 18.1 Å². The lowest BCUT2D eigenvalue weighted by Crippen LogP contribution is -1.96. The van der Waals surface area contributed by atoms with Gasteiger partial charge in [0, 0.05) is 0 Å². The highest BCUT2D eigenvalue weighted by Gasteiger charge is 1.96. The topological polar surface area (TPSA) is 64.9 Å². The summed E-state index contributed by atoms with van der Waals surface area (Å²) in [6.07, 6.45) is 0. The minimum atomic E-state index is 0.285. The lowest BCUT2D eigenvalue weighted by Gasteiger charge is -1.96. The summed E-state index contributed by atoms with van der Waals surface area (Å²) in [6, 6.07) is 3.28. The molecule has 4 N–H and O–H groups in total. The number of nitrogens with zero attached hydrogens (tertiary/aromatic N) is 1. The van der Waals surface area contributed by atoms with Gasteiger partial charge in [-0.1, -0.05) is 17.5 Å². The van der Waals surface area contributed by atoms with Crippen LogP contribution in [0.2, 0.25) is 5.15 Å². The standard InChI is InChI=1S/C8H8ClN3/c9-8-4-3-6(11)7(12-8)2-1-5-10/h3-4H,5,10-11H2. The SMILES string of the molecule is NCC#Cc1nc(Cl)ccc1N. The predicted molar refractivity (Wildman–Crippen MR) is 49.6 cm³/mol. The van der Waals surface area contributed by atoms with Crippen LogP contribution in [0.25, 0.3) is 0 Å². The van der Waals surface area contributed by atoms with Crippen molar-refractivity contribution in [3.8, 4) is 11.8 Å². The quantitative estimate of drug-likeness (QED) is 0.456. The molecule has 0 bridgehead atoms. The second-order valence-corrected chi connectivity index (χ2v) is 2.46. The maximum Gasteiger partial charge on any atom is 0.137 e. The molecular weight excluding hydrogens is 174 g/mol. The third-order valence-corrected chi connectivity index (χ3v) is 1.41. The molecule has 0 aliphatic heterocycles. The van der Waals surface area contributed by atoms with Gasteiger partial charge in [0.05, 0.1) is 12.2 Å². The van der Waals surface area contributed by atoms with E-state index in [2.05, 4.69) is 16.8 Å². The van der Waals surface area contributed by atoms with Crippen molar-refractivity contribution in [2.24, 2.45) is 5.73 Å². The molecule has 0 unspecified atom stereocenters. The van der Waals surface area contributed by atoms with Crippen molar-refractivity contribution in [1.29, 1.82) is 0 Å². The maximum atomic E-state index is 5.63. The van der Waals surface area contributed by atoms with Gasteiger partial charge in [-0.15, -0.1) is 0 Å². The number of hydrogen-bond donors (Lipinski definition) is 2. The molecule has 4 heteroatoms. The van der Waals surface area contributed by atoms with Gasteiger partial charge in [-0.3, -0.25) is 0 Å². The lowest BCUT2D eigenvalue weighted by molar-refractivity contribution is 1.27. The summed E-state index contributed by atoms with van der Waals surface area (Å²) >= 11 is 5.63. The largest absolute Gasteiger partial charge is 0.396 e. The van der Waals surface area contributed by atoms with Gasteiger partial charge in [-0.25, -0.2) is 4.98 Å². The van der Waals surface area contributed by atoms with E-state index in [1.165, 1.54) is 0 Å². The summed E-state index contributed by atoms with van der Waals surface area (Å²) in [4.78, 5) is 3.92. The fraction of sp³-hybridized carbons (Fsp3) is 0.125. The number of anilines is 1. The molecule has 0 amide bonds. The molecule has 0 saturated heterocycles. The molecule has 12 heavy (non-hydrogen) atoms. The van der Waals surface area contributed by atoms with Gasteiger partial charge in [-0.2, -0.15) is 0 Å². The molecule has 0 aliphatic carbocycles. The Labute approximate surface area is 75.7 Å². The normalized spacial score (nSPS) is 8.83. The number of aromatic nitrogens is 1. The molecule has 3 nitrogen and oxygen atoms in total. The first kappa shape index (κ1) is 8.85. The van der Waals surface area contributed by atoms with Gasteiger partial charge in [0.2, 0.25) is 0 Å². The highest BCUT2D eigenvalue weighted by atomic mass is 35.5. The van der Waals surface area contributed by atoms with Crippen molar-refractivity contribution in [3.63, 3.8) is 0 Å². The van der Waals surface area contributed by atoms with Crippen LogP contribution in [0, 0.1) is 11.8 Å². The zero-order valence-corrected chi connectivity index (χ0v) is 7.10. The van der Waals surface area contributed by atoms with E-state index in [0.717, 1.165) is 0 Å². The Bertz CT molecular complexity index is 338. The van der Waals surface area contributed by atoms with E-state index in [1.807, 2.05) is 0 Å². The van der Waals surface area contributed by atoms with Crippen LogP contribution in [0.5, 0.6) is 0 Å². The van der Waals surface area contributed by atoms with Gasteiger partial charge in [0.15, 0.2) is 0 Å². The highest BCUT2D eigenvalue weighted by molar-refractivity contribution is 6.29. The molecule has 62 valence electrons. The van der Waals surface area contributed by atoms with Crippen molar-refractivity contribution in [2.75, 3.05) is 12.3 Å². The number of nitrogens with two attached hydrogens (primary N) is 2. The molecular formula is C8H8ClN3. The van der Waals surface area contributed by atoms with Crippen LogP contribution in [0.15, 0.2) is 12.1 Å². The van der Waals surface area contributed by atoms with E-state index in [9.17, 15) is 0 Å². The fourth-order valence-corrected chi connectivity index (χ4v) is 0.828. The Morgan fingerprint density at radius 1 is 1.50 bits per heavy atom. The van der Waals surface area contributed by atoms with Gasteiger partial charge in [0.1, 0.15) is 10.8 Å². The molecule has 0 fully saturated rings. The summed E-state index contributed by atoms with van der Waals surface area (Å²) in [6.45, 7) is 0.285. The Kier molecular flexibility index (Phi) is 2.92. The van der Waals surface area contributed by atoms with E-state index >= 15 is 0 Å². The third kappa shape index (κ3) is 2.12. The first-order valence-corrected chi connectivity index (χ1v) is 3.73.